The molecule has 0 bridgehead atoms. The average molecular weight is 343 g/mol. The van der Waals surface area contributed by atoms with Crippen molar-refractivity contribution in [3.8, 4) is 23.3 Å². The van der Waals surface area contributed by atoms with Gasteiger partial charge < -0.3 is 14.2 Å². The lowest BCUT2D eigenvalue weighted by atomic mass is 10.0. The second-order valence-corrected chi connectivity index (χ2v) is 5.01. The van der Waals surface area contributed by atoms with Crippen LogP contribution in [0.15, 0.2) is 48.0 Å². The van der Waals surface area contributed by atoms with E-state index in [1.807, 2.05) is 6.07 Å². The quantitative estimate of drug-likeness (QED) is 0.469. The van der Waals surface area contributed by atoms with Crippen molar-refractivity contribution in [2.75, 3.05) is 6.79 Å². The molecule has 0 amide bonds. The number of halogens is 2. The van der Waals surface area contributed by atoms with Crippen molar-refractivity contribution < 1.29 is 27.8 Å². The summed E-state index contributed by atoms with van der Waals surface area (Å²) in [5.74, 6) is 0.492. The molecular weight excluding hydrogens is 332 g/mol. The summed E-state index contributed by atoms with van der Waals surface area (Å²) in [6, 6.07) is 12.1. The van der Waals surface area contributed by atoms with E-state index >= 15 is 0 Å². The molecule has 1 heterocycles. The van der Waals surface area contributed by atoms with E-state index < -0.39 is 12.4 Å². The van der Waals surface area contributed by atoms with Crippen LogP contribution in [0.5, 0.6) is 17.2 Å². The minimum atomic E-state index is -2.91. The first-order valence-electron chi connectivity index (χ1n) is 7.18. The predicted molar refractivity (Wildman–Crippen MR) is 83.6 cm³/mol. The van der Waals surface area contributed by atoms with Crippen LogP contribution in [0.4, 0.5) is 8.78 Å². The monoisotopic (exact) mass is 343 g/mol. The van der Waals surface area contributed by atoms with Gasteiger partial charge in [0, 0.05) is 5.56 Å². The van der Waals surface area contributed by atoms with E-state index in [9.17, 15) is 18.8 Å². The van der Waals surface area contributed by atoms with Crippen molar-refractivity contribution in [3.63, 3.8) is 0 Å². The van der Waals surface area contributed by atoms with E-state index in [0.717, 1.165) is 0 Å². The number of Topliss-reactive ketones (excluding diaryl/α,β-unsaturated/α-hetero) is 1. The highest BCUT2D eigenvalue weighted by Gasteiger charge is 2.18. The number of hydrogen-bond acceptors (Lipinski definition) is 5. The molecule has 3 rings (SSSR count). The zero-order valence-electron chi connectivity index (χ0n) is 12.7. The van der Waals surface area contributed by atoms with Gasteiger partial charge in [0.25, 0.3) is 0 Å². The number of fused-ring (bicyclic) bond motifs is 1. The summed E-state index contributed by atoms with van der Waals surface area (Å²) < 4.78 is 38.9. The lowest BCUT2D eigenvalue weighted by Gasteiger charge is -2.04. The second-order valence-electron chi connectivity index (χ2n) is 5.01. The van der Waals surface area contributed by atoms with Crippen LogP contribution in [0.25, 0.3) is 6.08 Å². The van der Waals surface area contributed by atoms with E-state index in [1.165, 1.54) is 36.4 Å². The number of hydrogen-bond donors (Lipinski definition) is 0. The highest BCUT2D eigenvalue weighted by atomic mass is 19.3. The zero-order chi connectivity index (χ0) is 17.8. The maximum atomic E-state index is 12.5. The van der Waals surface area contributed by atoms with Crippen LogP contribution in [0.1, 0.15) is 15.9 Å². The van der Waals surface area contributed by atoms with Gasteiger partial charge in [-0.2, -0.15) is 14.0 Å². The van der Waals surface area contributed by atoms with Crippen LogP contribution in [0.2, 0.25) is 0 Å². The Kier molecular flexibility index (Phi) is 4.61. The predicted octanol–water partition coefficient (Wildman–Crippen LogP) is 3.81. The van der Waals surface area contributed by atoms with Gasteiger partial charge in [0.05, 0.1) is 0 Å². The Morgan fingerprint density at radius 1 is 1.16 bits per heavy atom. The number of allylic oxidation sites excluding steroid dienone is 1. The molecule has 0 N–H and O–H groups in total. The van der Waals surface area contributed by atoms with Crippen LogP contribution in [0, 0.1) is 11.3 Å². The molecule has 0 radical (unpaired) electrons. The molecule has 0 atom stereocenters. The Balaban J connectivity index is 1.82. The molecule has 126 valence electrons. The number of nitriles is 1. The second kappa shape index (κ2) is 7.01. The van der Waals surface area contributed by atoms with Crippen LogP contribution < -0.4 is 14.2 Å². The lowest BCUT2D eigenvalue weighted by Crippen LogP contribution is -2.02. The maximum Gasteiger partial charge on any atom is 0.387 e. The summed E-state index contributed by atoms with van der Waals surface area (Å²) in [4.78, 5) is 12.5. The first-order valence-corrected chi connectivity index (χ1v) is 7.18. The largest absolute Gasteiger partial charge is 0.454 e. The fourth-order valence-electron chi connectivity index (χ4n) is 2.25. The van der Waals surface area contributed by atoms with Crippen molar-refractivity contribution in [1.29, 1.82) is 5.26 Å². The SMILES string of the molecule is N#C/C(=C/c1ccc(OC(F)F)cc1)C(=O)c1ccc2c(c1)OCO2. The Labute approximate surface area is 141 Å². The standard InChI is InChI=1S/C18H11F2NO4/c19-18(20)25-14-4-1-11(2-5-14)7-13(9-21)17(22)12-3-6-15-16(8-12)24-10-23-15/h1-8,18H,10H2/b13-7-. The number of nitrogens with zero attached hydrogens (tertiary/aromatic N) is 1. The Morgan fingerprint density at radius 2 is 1.88 bits per heavy atom. The molecule has 2 aromatic carbocycles. The van der Waals surface area contributed by atoms with Crippen LogP contribution in [0.3, 0.4) is 0 Å². The van der Waals surface area contributed by atoms with Crippen LogP contribution >= 0.6 is 0 Å². The maximum absolute atomic E-state index is 12.5. The third kappa shape index (κ3) is 3.75. The summed E-state index contributed by atoms with van der Waals surface area (Å²) in [6.45, 7) is -2.83. The highest BCUT2D eigenvalue weighted by molar-refractivity contribution is 6.14. The molecule has 0 aliphatic carbocycles. The Hall–Kier alpha value is -3.40. The third-order valence-corrected chi connectivity index (χ3v) is 3.42. The first-order chi connectivity index (χ1) is 12.1. The molecule has 0 spiro atoms. The summed E-state index contributed by atoms with van der Waals surface area (Å²) >= 11 is 0. The van der Waals surface area contributed by atoms with Gasteiger partial charge in [-0.15, -0.1) is 0 Å². The Bertz CT molecular complexity index is 870. The molecule has 25 heavy (non-hydrogen) atoms. The summed E-state index contributed by atoms with van der Waals surface area (Å²) in [6.07, 6.45) is 1.37. The first kappa shape index (κ1) is 16.5. The molecule has 5 nitrogen and oxygen atoms in total. The molecule has 0 fully saturated rings. The summed E-state index contributed by atoms with van der Waals surface area (Å²) in [5.41, 5.74) is 0.698. The van der Waals surface area contributed by atoms with E-state index in [0.29, 0.717) is 17.1 Å². The van der Waals surface area contributed by atoms with Gasteiger partial charge in [0.2, 0.25) is 12.6 Å². The minimum Gasteiger partial charge on any atom is -0.454 e. The van der Waals surface area contributed by atoms with Gasteiger partial charge in [0.15, 0.2) is 11.5 Å². The molecule has 0 unspecified atom stereocenters. The topological polar surface area (TPSA) is 68.5 Å². The van der Waals surface area contributed by atoms with Gasteiger partial charge in [-0.05, 0) is 42.0 Å². The smallest absolute Gasteiger partial charge is 0.387 e. The molecular formula is C18H11F2NO4. The highest BCUT2D eigenvalue weighted by Crippen LogP contribution is 2.33. The Morgan fingerprint density at radius 3 is 2.56 bits per heavy atom. The van der Waals surface area contributed by atoms with Gasteiger partial charge in [-0.1, -0.05) is 12.1 Å². The van der Waals surface area contributed by atoms with Gasteiger partial charge in [-0.25, -0.2) is 0 Å². The van der Waals surface area contributed by atoms with E-state index in [1.54, 1.807) is 12.1 Å². The number of rotatable bonds is 5. The van der Waals surface area contributed by atoms with Crippen LogP contribution in [-0.4, -0.2) is 19.2 Å². The molecule has 1 aliphatic rings. The molecule has 0 saturated carbocycles. The summed E-state index contributed by atoms with van der Waals surface area (Å²) in [7, 11) is 0. The minimum absolute atomic E-state index is 0.00671. The van der Waals surface area contributed by atoms with Crippen molar-refractivity contribution in [1.82, 2.24) is 0 Å². The van der Waals surface area contributed by atoms with E-state index in [-0.39, 0.29) is 23.7 Å². The zero-order valence-corrected chi connectivity index (χ0v) is 12.7. The summed E-state index contributed by atoms with van der Waals surface area (Å²) in [5, 5.41) is 9.27. The van der Waals surface area contributed by atoms with Crippen molar-refractivity contribution in [2.24, 2.45) is 0 Å². The van der Waals surface area contributed by atoms with Gasteiger partial charge >= 0.3 is 6.61 Å². The number of alkyl halides is 2. The van der Waals surface area contributed by atoms with Crippen LogP contribution in [-0.2, 0) is 0 Å². The number of ether oxygens (including phenoxy) is 3. The number of benzene rings is 2. The normalized spacial score (nSPS) is 12.8. The number of carbonyl (C=O) groups is 1. The molecule has 0 saturated heterocycles. The van der Waals surface area contributed by atoms with Crippen molar-refractivity contribution >= 4 is 11.9 Å². The average Bonchev–Trinajstić information content (AvgIpc) is 3.07. The van der Waals surface area contributed by atoms with Crippen molar-refractivity contribution in [3.05, 3.63) is 59.2 Å². The number of ketones is 1. The van der Waals surface area contributed by atoms with Gasteiger partial charge in [0.1, 0.15) is 17.4 Å². The van der Waals surface area contributed by atoms with Gasteiger partial charge in [-0.3, -0.25) is 4.79 Å². The molecule has 1 aliphatic heterocycles. The molecule has 0 aromatic heterocycles. The van der Waals surface area contributed by atoms with E-state index in [2.05, 4.69) is 4.74 Å². The van der Waals surface area contributed by atoms with E-state index in [4.69, 9.17) is 9.47 Å². The lowest BCUT2D eigenvalue weighted by molar-refractivity contribution is -0.0498. The third-order valence-electron chi connectivity index (χ3n) is 3.42. The fourth-order valence-corrected chi connectivity index (χ4v) is 2.25. The fraction of sp³-hybridized carbons (Fsp3) is 0.111. The molecule has 7 heteroatoms. The molecule has 2 aromatic rings. The van der Waals surface area contributed by atoms with Crippen molar-refractivity contribution in [2.45, 2.75) is 6.61 Å². The number of carbonyl (C=O) groups excluding carboxylic acids is 1.